The van der Waals surface area contributed by atoms with Crippen molar-refractivity contribution in [3.05, 3.63) is 58.1 Å². The van der Waals surface area contributed by atoms with Crippen LogP contribution >= 0.6 is 11.6 Å². The van der Waals surface area contributed by atoms with Gasteiger partial charge in [-0.2, -0.15) is 0 Å². The molecule has 0 aliphatic carbocycles. The van der Waals surface area contributed by atoms with Crippen LogP contribution in [0.1, 0.15) is 23.6 Å². The van der Waals surface area contributed by atoms with Gasteiger partial charge in [0.25, 0.3) is 0 Å². The maximum absolute atomic E-state index is 6.42. The molecule has 2 nitrogen and oxygen atoms in total. The normalized spacial score (nSPS) is 12.9. The second-order valence-electron chi connectivity index (χ2n) is 4.79. The van der Waals surface area contributed by atoms with Crippen molar-refractivity contribution >= 4 is 11.6 Å². The summed E-state index contributed by atoms with van der Waals surface area (Å²) in [6, 6.07) is 13.4. The Morgan fingerprint density at radius 3 is 2.85 bits per heavy atom. The molecule has 3 rings (SSSR count). The fourth-order valence-electron chi connectivity index (χ4n) is 2.39. The standard InChI is InChI=1S/C17H16ClO2/c1-2-19-15-7-3-12(4-8-15)11-14-6-5-13-9-10-20-17(13)16(14)18/h3-4,6-8H,2,9-11H2,1H3. The van der Waals surface area contributed by atoms with Crippen LogP contribution in [0, 0.1) is 6.07 Å². The average molecular weight is 288 g/mol. The highest BCUT2D eigenvalue weighted by molar-refractivity contribution is 6.33. The van der Waals surface area contributed by atoms with E-state index in [4.69, 9.17) is 21.1 Å². The zero-order valence-electron chi connectivity index (χ0n) is 11.4. The fourth-order valence-corrected chi connectivity index (χ4v) is 2.68. The largest absolute Gasteiger partial charge is 0.494 e. The topological polar surface area (TPSA) is 18.5 Å². The summed E-state index contributed by atoms with van der Waals surface area (Å²) in [4.78, 5) is 0. The van der Waals surface area contributed by atoms with Gasteiger partial charge >= 0.3 is 0 Å². The molecule has 3 heteroatoms. The van der Waals surface area contributed by atoms with Crippen LogP contribution in [-0.2, 0) is 12.8 Å². The minimum Gasteiger partial charge on any atom is -0.494 e. The van der Waals surface area contributed by atoms with Crippen molar-refractivity contribution in [3.8, 4) is 11.5 Å². The summed E-state index contributed by atoms with van der Waals surface area (Å²) in [6.07, 6.45) is 1.68. The second kappa shape index (κ2) is 5.76. The van der Waals surface area contributed by atoms with E-state index in [0.717, 1.165) is 40.5 Å². The van der Waals surface area contributed by atoms with Crippen molar-refractivity contribution < 1.29 is 9.47 Å². The third-order valence-corrected chi connectivity index (χ3v) is 3.82. The van der Waals surface area contributed by atoms with E-state index in [2.05, 4.69) is 18.2 Å². The second-order valence-corrected chi connectivity index (χ2v) is 5.17. The molecule has 20 heavy (non-hydrogen) atoms. The van der Waals surface area contributed by atoms with Crippen molar-refractivity contribution in [2.24, 2.45) is 0 Å². The van der Waals surface area contributed by atoms with Gasteiger partial charge in [-0.05, 0) is 48.7 Å². The van der Waals surface area contributed by atoms with Crippen molar-refractivity contribution in [1.82, 2.24) is 0 Å². The summed E-state index contributed by atoms with van der Waals surface area (Å²) in [5.41, 5.74) is 3.34. The molecule has 0 N–H and O–H groups in total. The van der Waals surface area contributed by atoms with E-state index in [0.29, 0.717) is 13.2 Å². The summed E-state index contributed by atoms with van der Waals surface area (Å²) in [7, 11) is 0. The molecule has 0 unspecified atom stereocenters. The molecule has 1 aliphatic rings. The molecule has 1 aliphatic heterocycles. The monoisotopic (exact) mass is 287 g/mol. The van der Waals surface area contributed by atoms with Crippen LogP contribution in [0.25, 0.3) is 0 Å². The average Bonchev–Trinajstić information content (AvgIpc) is 2.94. The van der Waals surface area contributed by atoms with Crippen LogP contribution in [0.2, 0.25) is 5.02 Å². The first-order chi connectivity index (χ1) is 9.78. The molecule has 0 spiro atoms. The first-order valence-corrected chi connectivity index (χ1v) is 7.22. The number of halogens is 1. The lowest BCUT2D eigenvalue weighted by atomic mass is 10.0. The van der Waals surface area contributed by atoms with Crippen LogP contribution in [0.3, 0.4) is 0 Å². The lowest BCUT2D eigenvalue weighted by Crippen LogP contribution is -1.94. The molecule has 0 aromatic heterocycles. The van der Waals surface area contributed by atoms with Crippen LogP contribution in [-0.4, -0.2) is 13.2 Å². The van der Waals surface area contributed by atoms with E-state index < -0.39 is 0 Å². The third kappa shape index (κ3) is 2.61. The number of hydrogen-bond donors (Lipinski definition) is 0. The molecule has 103 valence electrons. The van der Waals surface area contributed by atoms with E-state index in [1.165, 1.54) is 5.56 Å². The van der Waals surface area contributed by atoms with E-state index in [1.807, 2.05) is 25.1 Å². The minimum atomic E-state index is 0.683. The van der Waals surface area contributed by atoms with Gasteiger partial charge in [0.05, 0.1) is 18.2 Å². The molecule has 1 heterocycles. The van der Waals surface area contributed by atoms with Gasteiger partial charge in [-0.3, -0.25) is 0 Å². The predicted octanol–water partition coefficient (Wildman–Crippen LogP) is 4.06. The summed E-state index contributed by atoms with van der Waals surface area (Å²) in [6.45, 7) is 3.37. The molecule has 0 saturated carbocycles. The number of rotatable bonds is 4. The highest BCUT2D eigenvalue weighted by Gasteiger charge is 2.18. The summed E-state index contributed by atoms with van der Waals surface area (Å²) < 4.78 is 11.0. The summed E-state index contributed by atoms with van der Waals surface area (Å²) in [5, 5.41) is 0.727. The molecule has 2 aromatic rings. The highest BCUT2D eigenvalue weighted by atomic mass is 35.5. The van der Waals surface area contributed by atoms with Gasteiger partial charge in [0.1, 0.15) is 11.5 Å². The van der Waals surface area contributed by atoms with Gasteiger partial charge in [0.2, 0.25) is 0 Å². The molecule has 2 aromatic carbocycles. The fraction of sp³-hybridized carbons (Fsp3) is 0.294. The number of hydrogen-bond acceptors (Lipinski definition) is 2. The van der Waals surface area contributed by atoms with Gasteiger partial charge in [-0.15, -0.1) is 0 Å². The molecule has 1 radical (unpaired) electrons. The van der Waals surface area contributed by atoms with Crippen molar-refractivity contribution in [2.75, 3.05) is 13.2 Å². The SMILES string of the molecule is CCOc1ccc(Cc2c[c]c3c(c2Cl)OCC3)cc1. The minimum absolute atomic E-state index is 0.683. The molecule has 0 amide bonds. The van der Waals surface area contributed by atoms with Gasteiger partial charge in [-0.25, -0.2) is 0 Å². The summed E-state index contributed by atoms with van der Waals surface area (Å²) in [5.74, 6) is 1.71. The van der Waals surface area contributed by atoms with Crippen LogP contribution in [0.15, 0.2) is 30.3 Å². The van der Waals surface area contributed by atoms with Crippen LogP contribution in [0.5, 0.6) is 11.5 Å². The first kappa shape index (κ1) is 13.3. The lowest BCUT2D eigenvalue weighted by molar-refractivity contribution is 0.340. The number of ether oxygens (including phenoxy) is 2. The van der Waals surface area contributed by atoms with Crippen molar-refractivity contribution in [3.63, 3.8) is 0 Å². The Balaban J connectivity index is 1.81. The quantitative estimate of drug-likeness (QED) is 0.844. The Labute approximate surface area is 124 Å². The van der Waals surface area contributed by atoms with Crippen LogP contribution < -0.4 is 9.47 Å². The summed E-state index contributed by atoms with van der Waals surface area (Å²) >= 11 is 6.42. The number of benzene rings is 2. The van der Waals surface area contributed by atoms with E-state index in [1.54, 1.807) is 0 Å². The maximum atomic E-state index is 6.42. The highest BCUT2D eigenvalue weighted by Crippen LogP contribution is 2.36. The van der Waals surface area contributed by atoms with Gasteiger partial charge in [0, 0.05) is 12.0 Å². The lowest BCUT2D eigenvalue weighted by Gasteiger charge is -2.09. The van der Waals surface area contributed by atoms with Gasteiger partial charge in [-0.1, -0.05) is 23.7 Å². The molecular formula is C17H16ClO2. The molecule has 0 saturated heterocycles. The van der Waals surface area contributed by atoms with Crippen molar-refractivity contribution in [2.45, 2.75) is 19.8 Å². The van der Waals surface area contributed by atoms with Gasteiger partial charge < -0.3 is 9.47 Å². The Kier molecular flexibility index (Phi) is 3.83. The van der Waals surface area contributed by atoms with E-state index in [-0.39, 0.29) is 0 Å². The molecule has 0 fully saturated rings. The Morgan fingerprint density at radius 2 is 2.10 bits per heavy atom. The smallest absolute Gasteiger partial charge is 0.142 e. The molecular weight excluding hydrogens is 272 g/mol. The molecule has 0 atom stereocenters. The third-order valence-electron chi connectivity index (χ3n) is 3.40. The molecule has 0 bridgehead atoms. The maximum Gasteiger partial charge on any atom is 0.142 e. The van der Waals surface area contributed by atoms with E-state index >= 15 is 0 Å². The zero-order chi connectivity index (χ0) is 13.9. The zero-order valence-corrected chi connectivity index (χ0v) is 12.2. The Hall–Kier alpha value is -1.67. The van der Waals surface area contributed by atoms with Gasteiger partial charge in [0.15, 0.2) is 0 Å². The Morgan fingerprint density at radius 1 is 1.30 bits per heavy atom. The van der Waals surface area contributed by atoms with E-state index in [9.17, 15) is 0 Å². The first-order valence-electron chi connectivity index (χ1n) is 6.84. The number of fused-ring (bicyclic) bond motifs is 1. The Bertz CT molecular complexity index is 605. The van der Waals surface area contributed by atoms with Crippen molar-refractivity contribution in [1.29, 1.82) is 0 Å². The predicted molar refractivity (Wildman–Crippen MR) is 79.9 cm³/mol. The van der Waals surface area contributed by atoms with Crippen LogP contribution in [0.4, 0.5) is 0 Å².